The van der Waals surface area contributed by atoms with Crippen LogP contribution >= 0.6 is 0 Å². The normalized spacial score (nSPS) is 12.8. The van der Waals surface area contributed by atoms with Crippen molar-refractivity contribution in [1.29, 1.82) is 0 Å². The minimum Gasteiger partial charge on any atom is -0.464 e. The highest BCUT2D eigenvalue weighted by Gasteiger charge is 2.17. The molecule has 0 bridgehead atoms. The van der Waals surface area contributed by atoms with Gasteiger partial charge in [-0.05, 0) is 37.6 Å². The second-order valence-electron chi connectivity index (χ2n) is 4.15. The molecule has 106 valence electrons. The van der Waals surface area contributed by atoms with E-state index < -0.39 is 15.9 Å². The van der Waals surface area contributed by atoms with Crippen molar-refractivity contribution in [2.24, 2.45) is 0 Å². The summed E-state index contributed by atoms with van der Waals surface area (Å²) in [6.07, 6.45) is 1.75. The molecule has 0 aromatic heterocycles. The Labute approximate surface area is 113 Å². The van der Waals surface area contributed by atoms with Gasteiger partial charge in [0.05, 0.1) is 11.5 Å². The standard InChI is InChI=1S/C13H19NO4S/c1-4-12(13(15)18-5-2)14-10-6-8-11(9-7-10)19(3,16)17/h6-9,12,14H,4-5H2,1-3H3. The Balaban J connectivity index is 2.79. The second-order valence-corrected chi connectivity index (χ2v) is 6.17. The van der Waals surface area contributed by atoms with Crippen molar-refractivity contribution in [2.45, 2.75) is 31.2 Å². The number of hydrogen-bond donors (Lipinski definition) is 1. The fraction of sp³-hybridized carbons (Fsp3) is 0.462. The lowest BCUT2D eigenvalue weighted by atomic mass is 10.2. The third-order valence-electron chi connectivity index (χ3n) is 2.60. The van der Waals surface area contributed by atoms with Gasteiger partial charge in [0.2, 0.25) is 0 Å². The number of hydrogen-bond acceptors (Lipinski definition) is 5. The molecule has 0 aliphatic carbocycles. The average molecular weight is 285 g/mol. The Kier molecular flexibility index (Phi) is 5.35. The molecular weight excluding hydrogens is 266 g/mol. The summed E-state index contributed by atoms with van der Waals surface area (Å²) < 4.78 is 27.6. The van der Waals surface area contributed by atoms with Crippen LogP contribution in [0.5, 0.6) is 0 Å². The van der Waals surface area contributed by atoms with E-state index in [0.717, 1.165) is 6.26 Å². The molecule has 1 atom stereocenters. The summed E-state index contributed by atoms with van der Waals surface area (Å²) >= 11 is 0. The molecule has 1 aromatic carbocycles. The van der Waals surface area contributed by atoms with Crippen molar-refractivity contribution in [3.63, 3.8) is 0 Å². The Morgan fingerprint density at radius 1 is 1.26 bits per heavy atom. The van der Waals surface area contributed by atoms with Gasteiger partial charge in [-0.15, -0.1) is 0 Å². The Morgan fingerprint density at radius 2 is 1.84 bits per heavy atom. The topological polar surface area (TPSA) is 72.5 Å². The van der Waals surface area contributed by atoms with Crippen LogP contribution in [0.1, 0.15) is 20.3 Å². The third-order valence-corrected chi connectivity index (χ3v) is 3.73. The number of anilines is 1. The lowest BCUT2D eigenvalue weighted by molar-refractivity contribution is -0.144. The SMILES string of the molecule is CCOC(=O)C(CC)Nc1ccc(S(C)(=O)=O)cc1. The molecule has 5 nitrogen and oxygen atoms in total. The molecule has 0 saturated heterocycles. The van der Waals surface area contributed by atoms with Crippen LogP contribution in [0, 0.1) is 0 Å². The van der Waals surface area contributed by atoms with E-state index in [4.69, 9.17) is 4.74 Å². The van der Waals surface area contributed by atoms with Gasteiger partial charge in [-0.2, -0.15) is 0 Å². The first-order chi connectivity index (χ1) is 8.88. The summed E-state index contributed by atoms with van der Waals surface area (Å²) in [5, 5.41) is 3.02. The monoisotopic (exact) mass is 285 g/mol. The highest BCUT2D eigenvalue weighted by molar-refractivity contribution is 7.90. The van der Waals surface area contributed by atoms with E-state index in [-0.39, 0.29) is 10.9 Å². The molecule has 0 aliphatic heterocycles. The summed E-state index contributed by atoms with van der Waals surface area (Å²) in [6, 6.07) is 5.87. The van der Waals surface area contributed by atoms with Crippen molar-refractivity contribution in [3.8, 4) is 0 Å². The zero-order valence-corrected chi connectivity index (χ0v) is 12.2. The number of esters is 1. The van der Waals surface area contributed by atoms with Crippen molar-refractivity contribution >= 4 is 21.5 Å². The maximum atomic E-state index is 11.6. The zero-order valence-electron chi connectivity index (χ0n) is 11.3. The zero-order chi connectivity index (χ0) is 14.5. The summed E-state index contributed by atoms with van der Waals surface area (Å²) in [7, 11) is -3.20. The molecule has 1 unspecified atom stereocenters. The molecule has 1 aromatic rings. The van der Waals surface area contributed by atoms with Crippen LogP contribution in [0.15, 0.2) is 29.2 Å². The van der Waals surface area contributed by atoms with Gasteiger partial charge in [0, 0.05) is 11.9 Å². The number of sulfone groups is 1. The second kappa shape index (κ2) is 6.56. The van der Waals surface area contributed by atoms with E-state index in [9.17, 15) is 13.2 Å². The quantitative estimate of drug-likeness (QED) is 0.807. The summed E-state index contributed by atoms with van der Waals surface area (Å²) in [5.41, 5.74) is 0.687. The van der Waals surface area contributed by atoms with Gasteiger partial charge < -0.3 is 10.1 Å². The molecule has 1 N–H and O–H groups in total. The molecule has 1 rings (SSSR count). The van der Waals surface area contributed by atoms with Gasteiger partial charge in [-0.3, -0.25) is 0 Å². The van der Waals surface area contributed by atoms with Crippen LogP contribution in [0.4, 0.5) is 5.69 Å². The Morgan fingerprint density at radius 3 is 2.26 bits per heavy atom. The number of rotatable bonds is 6. The maximum Gasteiger partial charge on any atom is 0.328 e. The summed E-state index contributed by atoms with van der Waals surface area (Å²) in [5.74, 6) is -0.308. The van der Waals surface area contributed by atoms with Crippen LogP contribution in [-0.2, 0) is 19.4 Å². The van der Waals surface area contributed by atoms with Gasteiger partial charge in [0.15, 0.2) is 9.84 Å². The summed E-state index contributed by atoms with van der Waals surface area (Å²) in [4.78, 5) is 11.9. The number of carbonyl (C=O) groups excluding carboxylic acids is 1. The number of carbonyl (C=O) groups is 1. The maximum absolute atomic E-state index is 11.6. The molecule has 0 heterocycles. The van der Waals surface area contributed by atoms with E-state index in [2.05, 4.69) is 5.32 Å². The molecule has 6 heteroatoms. The van der Waals surface area contributed by atoms with E-state index in [1.54, 1.807) is 19.1 Å². The molecule has 0 fully saturated rings. The molecule has 0 amide bonds. The number of ether oxygens (including phenoxy) is 1. The molecule has 0 spiro atoms. The number of benzene rings is 1. The fourth-order valence-corrected chi connectivity index (χ4v) is 2.20. The first kappa shape index (κ1) is 15.5. The molecule has 19 heavy (non-hydrogen) atoms. The fourth-order valence-electron chi connectivity index (χ4n) is 1.57. The van der Waals surface area contributed by atoms with Crippen LogP contribution in [0.25, 0.3) is 0 Å². The van der Waals surface area contributed by atoms with E-state index >= 15 is 0 Å². The smallest absolute Gasteiger partial charge is 0.328 e. The molecular formula is C13H19NO4S. The van der Waals surface area contributed by atoms with Crippen molar-refractivity contribution in [1.82, 2.24) is 0 Å². The lowest BCUT2D eigenvalue weighted by Crippen LogP contribution is -2.30. The van der Waals surface area contributed by atoms with Crippen LogP contribution in [-0.4, -0.2) is 33.3 Å². The average Bonchev–Trinajstić information content (AvgIpc) is 2.35. The molecule has 0 radical (unpaired) electrons. The van der Waals surface area contributed by atoms with Crippen molar-refractivity contribution in [3.05, 3.63) is 24.3 Å². The van der Waals surface area contributed by atoms with Crippen molar-refractivity contribution in [2.75, 3.05) is 18.2 Å². The predicted octanol–water partition coefficient (Wildman–Crippen LogP) is 1.84. The van der Waals surface area contributed by atoms with Crippen LogP contribution < -0.4 is 5.32 Å². The first-order valence-electron chi connectivity index (χ1n) is 6.11. The first-order valence-corrected chi connectivity index (χ1v) is 8.01. The Hall–Kier alpha value is -1.56. The van der Waals surface area contributed by atoms with E-state index in [1.165, 1.54) is 12.1 Å². The highest BCUT2D eigenvalue weighted by Crippen LogP contribution is 2.15. The van der Waals surface area contributed by atoms with Crippen molar-refractivity contribution < 1.29 is 17.9 Å². The summed E-state index contributed by atoms with van der Waals surface area (Å²) in [6.45, 7) is 3.97. The van der Waals surface area contributed by atoms with Crippen LogP contribution in [0.2, 0.25) is 0 Å². The van der Waals surface area contributed by atoms with Gasteiger partial charge >= 0.3 is 5.97 Å². The van der Waals surface area contributed by atoms with Crippen LogP contribution in [0.3, 0.4) is 0 Å². The van der Waals surface area contributed by atoms with E-state index in [0.29, 0.717) is 18.7 Å². The lowest BCUT2D eigenvalue weighted by Gasteiger charge is -2.16. The Bertz CT molecular complexity index is 522. The highest BCUT2D eigenvalue weighted by atomic mass is 32.2. The molecule has 0 saturated carbocycles. The predicted molar refractivity (Wildman–Crippen MR) is 73.9 cm³/mol. The van der Waals surface area contributed by atoms with E-state index in [1.807, 2.05) is 6.92 Å². The number of nitrogens with one attached hydrogen (secondary N) is 1. The van der Waals surface area contributed by atoms with Gasteiger partial charge in [-0.25, -0.2) is 13.2 Å². The van der Waals surface area contributed by atoms with Gasteiger partial charge in [0.25, 0.3) is 0 Å². The third kappa shape index (κ3) is 4.55. The van der Waals surface area contributed by atoms with Gasteiger partial charge in [0.1, 0.15) is 6.04 Å². The van der Waals surface area contributed by atoms with Gasteiger partial charge in [-0.1, -0.05) is 6.92 Å². The minimum atomic E-state index is -3.20. The molecule has 0 aliphatic rings. The minimum absolute atomic E-state index is 0.252. The largest absolute Gasteiger partial charge is 0.464 e.